The molecule has 0 saturated carbocycles. The van der Waals surface area contributed by atoms with Crippen molar-refractivity contribution in [3.05, 3.63) is 71.2 Å². The first-order valence-electron chi connectivity index (χ1n) is 9.19. The molecule has 3 aromatic rings. The maximum absolute atomic E-state index is 13.1. The lowest BCUT2D eigenvalue weighted by Gasteiger charge is -2.36. The molecule has 2 heterocycles. The third-order valence-electron chi connectivity index (χ3n) is 5.15. The van der Waals surface area contributed by atoms with Crippen molar-refractivity contribution in [3.8, 4) is 0 Å². The van der Waals surface area contributed by atoms with E-state index in [1.54, 1.807) is 12.1 Å². The molecule has 0 N–H and O–H groups in total. The first kappa shape index (κ1) is 17.5. The topological polar surface area (TPSA) is 36.4 Å². The molecule has 0 aliphatic carbocycles. The van der Waals surface area contributed by atoms with Crippen molar-refractivity contribution in [3.63, 3.8) is 0 Å². The average Bonchev–Trinajstić information content (AvgIpc) is 2.68. The molecular formula is C22H22FN3O. The smallest absolute Gasteiger partial charge is 0.255 e. The molecule has 0 bridgehead atoms. The van der Waals surface area contributed by atoms with Crippen LogP contribution in [0.2, 0.25) is 0 Å². The van der Waals surface area contributed by atoms with E-state index in [9.17, 15) is 9.18 Å². The number of hydrogen-bond donors (Lipinski definition) is 0. The SMILES string of the molecule is Cc1ccc2nc(C)c(C(=O)N3CCN(c4ccc(F)cc4)CC3)cc2c1. The van der Waals surface area contributed by atoms with Gasteiger partial charge in [0.05, 0.1) is 16.8 Å². The highest BCUT2D eigenvalue weighted by Crippen LogP contribution is 2.21. The zero-order valence-electron chi connectivity index (χ0n) is 15.6. The molecule has 0 radical (unpaired) electrons. The van der Waals surface area contributed by atoms with E-state index in [2.05, 4.69) is 16.0 Å². The summed E-state index contributed by atoms with van der Waals surface area (Å²) in [6, 6.07) is 14.6. The molecule has 0 unspecified atom stereocenters. The Kier molecular flexibility index (Phi) is 4.52. The zero-order valence-corrected chi connectivity index (χ0v) is 15.6. The Balaban J connectivity index is 1.51. The molecule has 0 atom stereocenters. The van der Waals surface area contributed by atoms with Crippen LogP contribution in [0.15, 0.2) is 48.5 Å². The number of amides is 1. The molecule has 138 valence electrons. The van der Waals surface area contributed by atoms with Crippen LogP contribution >= 0.6 is 0 Å². The minimum absolute atomic E-state index is 0.0298. The third kappa shape index (κ3) is 3.50. The Bertz CT molecular complexity index is 992. The summed E-state index contributed by atoms with van der Waals surface area (Å²) < 4.78 is 13.1. The maximum atomic E-state index is 13.1. The highest BCUT2D eigenvalue weighted by atomic mass is 19.1. The zero-order chi connectivity index (χ0) is 19.0. The molecule has 4 nitrogen and oxygen atoms in total. The van der Waals surface area contributed by atoms with Crippen molar-refractivity contribution in [2.45, 2.75) is 13.8 Å². The number of aryl methyl sites for hydroxylation is 2. The Labute approximate surface area is 158 Å². The standard InChI is InChI=1S/C22H22FN3O/c1-15-3-8-21-17(13-15)14-20(16(2)24-21)22(27)26-11-9-25(10-12-26)19-6-4-18(23)5-7-19/h3-8,13-14H,9-12H2,1-2H3. The molecule has 0 spiro atoms. The van der Waals surface area contributed by atoms with Crippen LogP contribution in [-0.4, -0.2) is 42.0 Å². The van der Waals surface area contributed by atoms with Crippen LogP contribution < -0.4 is 4.90 Å². The van der Waals surface area contributed by atoms with Gasteiger partial charge in [0.25, 0.3) is 5.91 Å². The summed E-state index contributed by atoms with van der Waals surface area (Å²) in [6.07, 6.45) is 0. The average molecular weight is 363 g/mol. The van der Waals surface area contributed by atoms with Gasteiger partial charge < -0.3 is 9.80 Å². The minimum atomic E-state index is -0.234. The van der Waals surface area contributed by atoms with E-state index in [4.69, 9.17) is 0 Å². The number of carbonyl (C=O) groups is 1. The van der Waals surface area contributed by atoms with Gasteiger partial charge in [-0.2, -0.15) is 0 Å². The minimum Gasteiger partial charge on any atom is -0.368 e. The van der Waals surface area contributed by atoms with Gasteiger partial charge in [-0.3, -0.25) is 9.78 Å². The number of fused-ring (bicyclic) bond motifs is 1. The van der Waals surface area contributed by atoms with E-state index < -0.39 is 0 Å². The fourth-order valence-corrected chi connectivity index (χ4v) is 3.60. The molecule has 4 rings (SSSR count). The summed E-state index contributed by atoms with van der Waals surface area (Å²) in [5.74, 6) is -0.204. The Hall–Kier alpha value is -2.95. The largest absolute Gasteiger partial charge is 0.368 e. The highest BCUT2D eigenvalue weighted by molar-refractivity contribution is 5.98. The molecule has 1 saturated heterocycles. The Morgan fingerprint density at radius 2 is 1.67 bits per heavy atom. The van der Waals surface area contributed by atoms with Crippen LogP contribution in [0.5, 0.6) is 0 Å². The van der Waals surface area contributed by atoms with Gasteiger partial charge >= 0.3 is 0 Å². The molecule has 1 fully saturated rings. The molecule has 5 heteroatoms. The van der Waals surface area contributed by atoms with E-state index in [0.29, 0.717) is 18.7 Å². The van der Waals surface area contributed by atoms with Gasteiger partial charge in [-0.25, -0.2) is 4.39 Å². The molecule has 2 aromatic carbocycles. The summed E-state index contributed by atoms with van der Waals surface area (Å²) in [5, 5.41) is 0.994. The van der Waals surface area contributed by atoms with Gasteiger partial charge in [0.2, 0.25) is 0 Å². The number of benzene rings is 2. The predicted octanol–water partition coefficient (Wildman–Crippen LogP) is 3.95. The predicted molar refractivity (Wildman–Crippen MR) is 106 cm³/mol. The summed E-state index contributed by atoms with van der Waals surface area (Å²) in [4.78, 5) is 21.7. The van der Waals surface area contributed by atoms with Crippen LogP contribution in [0.3, 0.4) is 0 Å². The van der Waals surface area contributed by atoms with Crippen molar-refractivity contribution in [2.75, 3.05) is 31.1 Å². The van der Waals surface area contributed by atoms with E-state index in [1.165, 1.54) is 12.1 Å². The highest BCUT2D eigenvalue weighted by Gasteiger charge is 2.24. The van der Waals surface area contributed by atoms with Gasteiger partial charge in [-0.1, -0.05) is 11.6 Å². The van der Waals surface area contributed by atoms with E-state index in [0.717, 1.165) is 40.9 Å². The second kappa shape index (κ2) is 6.99. The van der Waals surface area contributed by atoms with Crippen LogP contribution in [0, 0.1) is 19.7 Å². The lowest BCUT2D eigenvalue weighted by Crippen LogP contribution is -2.49. The first-order valence-corrected chi connectivity index (χ1v) is 9.19. The number of aromatic nitrogens is 1. The van der Waals surface area contributed by atoms with Gasteiger partial charge in [0, 0.05) is 37.3 Å². The van der Waals surface area contributed by atoms with Crippen molar-refractivity contribution in [2.24, 2.45) is 0 Å². The van der Waals surface area contributed by atoms with Crippen LogP contribution in [-0.2, 0) is 0 Å². The monoisotopic (exact) mass is 363 g/mol. The van der Waals surface area contributed by atoms with Crippen molar-refractivity contribution in [1.29, 1.82) is 0 Å². The summed E-state index contributed by atoms with van der Waals surface area (Å²) in [6.45, 7) is 6.67. The van der Waals surface area contributed by atoms with Gasteiger partial charge in [-0.15, -0.1) is 0 Å². The number of hydrogen-bond acceptors (Lipinski definition) is 3. The number of anilines is 1. The van der Waals surface area contributed by atoms with E-state index in [1.807, 2.05) is 36.9 Å². The van der Waals surface area contributed by atoms with Crippen molar-refractivity contribution in [1.82, 2.24) is 9.88 Å². The molecule has 1 aliphatic rings. The number of halogens is 1. The van der Waals surface area contributed by atoms with Gasteiger partial charge in [0.1, 0.15) is 5.82 Å². The molecular weight excluding hydrogens is 341 g/mol. The normalized spacial score (nSPS) is 14.6. The number of pyridine rings is 1. The van der Waals surface area contributed by atoms with Crippen LogP contribution in [0.1, 0.15) is 21.6 Å². The van der Waals surface area contributed by atoms with Gasteiger partial charge in [-0.05, 0) is 56.3 Å². The molecule has 27 heavy (non-hydrogen) atoms. The Morgan fingerprint density at radius 3 is 2.37 bits per heavy atom. The van der Waals surface area contributed by atoms with Gasteiger partial charge in [0.15, 0.2) is 0 Å². The molecule has 1 amide bonds. The number of piperazine rings is 1. The molecule has 1 aromatic heterocycles. The third-order valence-corrected chi connectivity index (χ3v) is 5.15. The lowest BCUT2D eigenvalue weighted by atomic mass is 10.1. The van der Waals surface area contributed by atoms with E-state index >= 15 is 0 Å². The van der Waals surface area contributed by atoms with Crippen molar-refractivity contribution < 1.29 is 9.18 Å². The second-order valence-electron chi connectivity index (χ2n) is 7.07. The lowest BCUT2D eigenvalue weighted by molar-refractivity contribution is 0.0746. The fraction of sp³-hybridized carbons (Fsp3) is 0.273. The fourth-order valence-electron chi connectivity index (χ4n) is 3.60. The van der Waals surface area contributed by atoms with E-state index in [-0.39, 0.29) is 11.7 Å². The maximum Gasteiger partial charge on any atom is 0.255 e. The number of rotatable bonds is 2. The van der Waals surface area contributed by atoms with Crippen LogP contribution in [0.25, 0.3) is 10.9 Å². The number of nitrogens with zero attached hydrogens (tertiary/aromatic N) is 3. The quantitative estimate of drug-likeness (QED) is 0.692. The van der Waals surface area contributed by atoms with Crippen molar-refractivity contribution >= 4 is 22.5 Å². The Morgan fingerprint density at radius 1 is 0.963 bits per heavy atom. The van der Waals surface area contributed by atoms with Crippen LogP contribution in [0.4, 0.5) is 10.1 Å². The number of carbonyl (C=O) groups excluding carboxylic acids is 1. The molecule has 1 aliphatic heterocycles. The second-order valence-corrected chi connectivity index (χ2v) is 7.07. The first-order chi connectivity index (χ1) is 13.0. The summed E-state index contributed by atoms with van der Waals surface area (Å²) >= 11 is 0. The summed E-state index contributed by atoms with van der Waals surface area (Å²) in [7, 11) is 0. The summed E-state index contributed by atoms with van der Waals surface area (Å²) in [5.41, 5.74) is 4.48.